The molecule has 0 aromatic carbocycles. The zero-order valence-electron chi connectivity index (χ0n) is 14.9. The maximum Gasteiger partial charge on any atom is 0.411 e. The number of hydrogen-bond acceptors (Lipinski definition) is 5. The van der Waals surface area contributed by atoms with Gasteiger partial charge < -0.3 is 14.6 Å². The zero-order valence-corrected chi connectivity index (χ0v) is 14.9. The molecule has 1 N–H and O–H groups in total. The molecular formula is C16H29NO6. The fourth-order valence-electron chi connectivity index (χ4n) is 1.95. The molecule has 0 fully saturated rings. The van der Waals surface area contributed by atoms with Crippen molar-refractivity contribution >= 4 is 18.0 Å². The molecule has 23 heavy (non-hydrogen) atoms. The third-order valence-electron chi connectivity index (χ3n) is 2.85. The quantitative estimate of drug-likeness (QED) is 0.687. The number of carbonyl (C=O) groups excluding carboxylic acids is 2. The fourth-order valence-corrected chi connectivity index (χ4v) is 1.95. The molecule has 0 aromatic rings. The van der Waals surface area contributed by atoms with Crippen molar-refractivity contribution in [3.8, 4) is 0 Å². The van der Waals surface area contributed by atoms with Gasteiger partial charge in [-0.1, -0.05) is 13.8 Å². The van der Waals surface area contributed by atoms with E-state index in [1.165, 1.54) is 0 Å². The molecule has 0 saturated heterocycles. The minimum Gasteiger partial charge on any atom is -0.480 e. The summed E-state index contributed by atoms with van der Waals surface area (Å²) in [5.41, 5.74) is -0.750. The van der Waals surface area contributed by atoms with Gasteiger partial charge in [-0.3, -0.25) is 9.69 Å². The van der Waals surface area contributed by atoms with E-state index in [1.54, 1.807) is 27.7 Å². The number of hydrogen-bond donors (Lipinski definition) is 1. The molecule has 7 heteroatoms. The van der Waals surface area contributed by atoms with Crippen molar-refractivity contribution < 1.29 is 29.0 Å². The molecule has 0 spiro atoms. The van der Waals surface area contributed by atoms with Gasteiger partial charge in [-0.2, -0.15) is 0 Å². The number of carboxylic acids is 1. The van der Waals surface area contributed by atoms with E-state index < -0.39 is 29.7 Å². The topological polar surface area (TPSA) is 93.1 Å². The Bertz CT molecular complexity index is 413. The lowest BCUT2D eigenvalue weighted by atomic mass is 10.0. The van der Waals surface area contributed by atoms with E-state index in [1.807, 2.05) is 13.8 Å². The standard InChI is InChI=1S/C16H29NO6/c1-7-22-13(18)8-9-17(15(21)23-16(4,5)6)12(14(19)20)10-11(2)3/h11-12H,7-10H2,1-6H3,(H,19,20). The van der Waals surface area contributed by atoms with Gasteiger partial charge in [-0.05, 0) is 40.0 Å². The summed E-state index contributed by atoms with van der Waals surface area (Å²) < 4.78 is 10.1. The highest BCUT2D eigenvalue weighted by atomic mass is 16.6. The third-order valence-corrected chi connectivity index (χ3v) is 2.85. The molecule has 0 aliphatic carbocycles. The van der Waals surface area contributed by atoms with Crippen molar-refractivity contribution in [2.45, 2.75) is 66.0 Å². The van der Waals surface area contributed by atoms with Crippen molar-refractivity contribution in [1.82, 2.24) is 4.90 Å². The van der Waals surface area contributed by atoms with E-state index in [2.05, 4.69) is 0 Å². The first-order valence-corrected chi connectivity index (χ1v) is 7.86. The predicted octanol–water partition coefficient (Wildman–Crippen LogP) is 2.68. The van der Waals surface area contributed by atoms with Crippen LogP contribution >= 0.6 is 0 Å². The highest BCUT2D eigenvalue weighted by Crippen LogP contribution is 2.17. The second-order valence-corrected chi connectivity index (χ2v) is 6.71. The Hall–Kier alpha value is -1.79. The van der Waals surface area contributed by atoms with Gasteiger partial charge in [0.15, 0.2) is 0 Å². The molecule has 1 unspecified atom stereocenters. The Balaban J connectivity index is 5.20. The van der Waals surface area contributed by atoms with Gasteiger partial charge in [0.25, 0.3) is 0 Å². The van der Waals surface area contributed by atoms with Crippen LogP contribution in [0.4, 0.5) is 4.79 Å². The fraction of sp³-hybridized carbons (Fsp3) is 0.812. The van der Waals surface area contributed by atoms with Crippen LogP contribution in [0.5, 0.6) is 0 Å². The molecular weight excluding hydrogens is 302 g/mol. The van der Waals surface area contributed by atoms with Gasteiger partial charge in [0.1, 0.15) is 11.6 Å². The van der Waals surface area contributed by atoms with Gasteiger partial charge in [-0.15, -0.1) is 0 Å². The van der Waals surface area contributed by atoms with Gasteiger partial charge >= 0.3 is 18.0 Å². The van der Waals surface area contributed by atoms with Crippen molar-refractivity contribution in [3.63, 3.8) is 0 Å². The van der Waals surface area contributed by atoms with Crippen LogP contribution in [0, 0.1) is 5.92 Å². The summed E-state index contributed by atoms with van der Waals surface area (Å²) >= 11 is 0. The number of amides is 1. The van der Waals surface area contributed by atoms with Gasteiger partial charge in [-0.25, -0.2) is 9.59 Å². The van der Waals surface area contributed by atoms with E-state index in [0.717, 1.165) is 4.90 Å². The van der Waals surface area contributed by atoms with Gasteiger partial charge in [0, 0.05) is 6.54 Å². The molecule has 0 aliphatic heterocycles. The lowest BCUT2D eigenvalue weighted by molar-refractivity contribution is -0.147. The lowest BCUT2D eigenvalue weighted by Crippen LogP contribution is -2.48. The number of aliphatic carboxylic acids is 1. The normalized spacial score (nSPS) is 12.7. The monoisotopic (exact) mass is 331 g/mol. The minimum absolute atomic E-state index is 0.0581. The number of nitrogens with zero attached hydrogens (tertiary/aromatic N) is 1. The number of esters is 1. The van der Waals surface area contributed by atoms with Crippen LogP contribution in [0.2, 0.25) is 0 Å². The molecule has 0 saturated carbocycles. The summed E-state index contributed by atoms with van der Waals surface area (Å²) in [4.78, 5) is 36.5. The summed E-state index contributed by atoms with van der Waals surface area (Å²) in [6, 6.07) is -1.04. The summed E-state index contributed by atoms with van der Waals surface area (Å²) in [6.45, 7) is 10.7. The van der Waals surface area contributed by atoms with E-state index in [4.69, 9.17) is 9.47 Å². The molecule has 0 aliphatic rings. The van der Waals surface area contributed by atoms with Crippen LogP contribution in [-0.4, -0.2) is 52.8 Å². The predicted molar refractivity (Wildman–Crippen MR) is 85.1 cm³/mol. The lowest BCUT2D eigenvalue weighted by Gasteiger charge is -2.32. The van der Waals surface area contributed by atoms with Crippen LogP contribution in [0.25, 0.3) is 0 Å². The molecule has 134 valence electrons. The summed E-state index contributed by atoms with van der Waals surface area (Å²) in [5, 5.41) is 9.44. The second kappa shape index (κ2) is 9.37. The Kier molecular flexibility index (Phi) is 8.64. The molecule has 1 amide bonds. The van der Waals surface area contributed by atoms with E-state index in [0.29, 0.717) is 0 Å². The van der Waals surface area contributed by atoms with Crippen molar-refractivity contribution in [2.75, 3.05) is 13.2 Å². The summed E-state index contributed by atoms with van der Waals surface area (Å²) in [5.74, 6) is -1.52. The first-order chi connectivity index (χ1) is 10.5. The SMILES string of the molecule is CCOC(=O)CCN(C(=O)OC(C)(C)C)C(CC(C)C)C(=O)O. The largest absolute Gasteiger partial charge is 0.480 e. The highest BCUT2D eigenvalue weighted by molar-refractivity contribution is 5.80. The third kappa shape index (κ3) is 9.05. The van der Waals surface area contributed by atoms with Crippen molar-refractivity contribution in [1.29, 1.82) is 0 Å². The van der Waals surface area contributed by atoms with Crippen LogP contribution in [0.3, 0.4) is 0 Å². The van der Waals surface area contributed by atoms with E-state index in [9.17, 15) is 19.5 Å². The van der Waals surface area contributed by atoms with E-state index >= 15 is 0 Å². The highest BCUT2D eigenvalue weighted by Gasteiger charge is 2.33. The van der Waals surface area contributed by atoms with Crippen LogP contribution < -0.4 is 0 Å². The Morgan fingerprint density at radius 3 is 2.13 bits per heavy atom. The molecule has 0 aromatic heterocycles. The van der Waals surface area contributed by atoms with Gasteiger partial charge in [0.2, 0.25) is 0 Å². The number of carboxylic acid groups (broad SMARTS) is 1. The van der Waals surface area contributed by atoms with E-state index in [-0.39, 0.29) is 31.9 Å². The molecule has 0 radical (unpaired) electrons. The van der Waals surface area contributed by atoms with Crippen LogP contribution in [-0.2, 0) is 19.1 Å². The molecule has 0 rings (SSSR count). The first-order valence-electron chi connectivity index (χ1n) is 7.86. The minimum atomic E-state index is -1.12. The van der Waals surface area contributed by atoms with Crippen molar-refractivity contribution in [3.05, 3.63) is 0 Å². The molecule has 7 nitrogen and oxygen atoms in total. The molecule has 0 heterocycles. The smallest absolute Gasteiger partial charge is 0.411 e. The van der Waals surface area contributed by atoms with Gasteiger partial charge in [0.05, 0.1) is 13.0 Å². The molecule has 1 atom stereocenters. The summed E-state index contributed by atoms with van der Waals surface area (Å²) in [6.07, 6.45) is -0.540. The second-order valence-electron chi connectivity index (χ2n) is 6.71. The molecule has 0 bridgehead atoms. The van der Waals surface area contributed by atoms with Crippen molar-refractivity contribution in [2.24, 2.45) is 5.92 Å². The number of ether oxygens (including phenoxy) is 2. The van der Waals surface area contributed by atoms with Crippen LogP contribution in [0.15, 0.2) is 0 Å². The Morgan fingerprint density at radius 2 is 1.74 bits per heavy atom. The van der Waals surface area contributed by atoms with Crippen LogP contribution in [0.1, 0.15) is 54.4 Å². The maximum absolute atomic E-state index is 12.3. The first kappa shape index (κ1) is 21.2. The summed E-state index contributed by atoms with van der Waals surface area (Å²) in [7, 11) is 0. The average Bonchev–Trinajstić information content (AvgIpc) is 2.35. The maximum atomic E-state index is 12.3. The Labute approximate surface area is 137 Å². The zero-order chi connectivity index (χ0) is 18.2. The average molecular weight is 331 g/mol. The number of carbonyl (C=O) groups is 3. The number of rotatable bonds is 8. The Morgan fingerprint density at radius 1 is 1.17 bits per heavy atom.